The Bertz CT molecular complexity index is 599. The van der Waals surface area contributed by atoms with Crippen LogP contribution >= 0.6 is 0 Å². The number of nitrogens with one attached hydrogen (secondary N) is 1. The molecule has 2 amide bonds. The van der Waals surface area contributed by atoms with Crippen molar-refractivity contribution in [2.45, 2.75) is 51.6 Å². The molecule has 2 aliphatic rings. The van der Waals surface area contributed by atoms with Crippen molar-refractivity contribution in [3.05, 3.63) is 35.9 Å². The van der Waals surface area contributed by atoms with E-state index < -0.39 is 0 Å². The van der Waals surface area contributed by atoms with Crippen LogP contribution in [0.25, 0.3) is 0 Å². The Morgan fingerprint density at radius 3 is 2.46 bits per heavy atom. The summed E-state index contributed by atoms with van der Waals surface area (Å²) in [7, 11) is 0. The molecule has 1 aromatic carbocycles. The minimum absolute atomic E-state index is 0.101. The summed E-state index contributed by atoms with van der Waals surface area (Å²) >= 11 is 0. The molecule has 1 N–H and O–H groups in total. The van der Waals surface area contributed by atoms with E-state index in [-0.39, 0.29) is 17.9 Å². The van der Waals surface area contributed by atoms with Crippen LogP contribution in [0, 0.1) is 5.92 Å². The molecule has 0 spiro atoms. The average Bonchev–Trinajstić information content (AvgIpc) is 3.07. The third kappa shape index (κ3) is 5.07. The van der Waals surface area contributed by atoms with E-state index in [2.05, 4.69) is 34.5 Å². The molecule has 1 unspecified atom stereocenters. The number of nitrogens with zero attached hydrogens (tertiary/aromatic N) is 2. The number of amides is 2. The fraction of sp³-hybridized carbons (Fsp3) is 0.619. The smallest absolute Gasteiger partial charge is 0.245 e. The predicted molar refractivity (Wildman–Crippen MR) is 102 cm³/mol. The first kappa shape index (κ1) is 18.9. The van der Waals surface area contributed by atoms with Crippen molar-refractivity contribution in [2.24, 2.45) is 5.92 Å². The molecular weight excluding hydrogens is 326 g/mol. The summed E-state index contributed by atoms with van der Waals surface area (Å²) < 4.78 is 0. The molecule has 1 saturated carbocycles. The van der Waals surface area contributed by atoms with E-state index in [1.165, 1.54) is 25.3 Å². The lowest BCUT2D eigenvalue weighted by molar-refractivity contribution is -0.137. The summed E-state index contributed by atoms with van der Waals surface area (Å²) in [5.74, 6) is 0.319. The van der Waals surface area contributed by atoms with E-state index >= 15 is 0 Å². The highest BCUT2D eigenvalue weighted by molar-refractivity contribution is 5.87. The molecule has 1 heterocycles. The van der Waals surface area contributed by atoms with Crippen LogP contribution < -0.4 is 5.32 Å². The highest BCUT2D eigenvalue weighted by atomic mass is 16.2. The number of benzene rings is 1. The molecule has 0 radical (unpaired) electrons. The third-order valence-electron chi connectivity index (χ3n) is 5.65. The van der Waals surface area contributed by atoms with Gasteiger partial charge in [0.1, 0.15) is 6.04 Å². The summed E-state index contributed by atoms with van der Waals surface area (Å²) in [6.45, 7) is 5.87. The van der Waals surface area contributed by atoms with Gasteiger partial charge in [0.2, 0.25) is 11.8 Å². The molecule has 1 saturated heterocycles. The molecule has 0 bridgehead atoms. The zero-order valence-corrected chi connectivity index (χ0v) is 15.8. The van der Waals surface area contributed by atoms with Gasteiger partial charge in [0.25, 0.3) is 0 Å². The molecule has 1 aliphatic carbocycles. The maximum Gasteiger partial charge on any atom is 0.245 e. The van der Waals surface area contributed by atoms with Crippen molar-refractivity contribution >= 4 is 11.8 Å². The van der Waals surface area contributed by atoms with Crippen molar-refractivity contribution in [3.63, 3.8) is 0 Å². The van der Waals surface area contributed by atoms with Crippen molar-refractivity contribution in [1.82, 2.24) is 15.1 Å². The fourth-order valence-corrected chi connectivity index (χ4v) is 4.28. The van der Waals surface area contributed by atoms with Crippen molar-refractivity contribution in [3.8, 4) is 0 Å². The molecule has 142 valence electrons. The standard InChI is InChI=1S/C21H31N3O2/c1-17(25)22-20(19-10-5-6-11-19)21(26)24-13-7-12-23(14-15-24)16-18-8-3-2-4-9-18/h2-4,8-9,19-20H,5-7,10-16H2,1H3,(H,22,25). The Morgan fingerprint density at radius 2 is 1.77 bits per heavy atom. The van der Waals surface area contributed by atoms with E-state index in [9.17, 15) is 9.59 Å². The Kier molecular flexibility index (Phi) is 6.67. The number of carbonyl (C=O) groups excluding carboxylic acids is 2. The van der Waals surface area contributed by atoms with Crippen LogP contribution in [0.15, 0.2) is 30.3 Å². The van der Waals surface area contributed by atoms with Gasteiger partial charge in [-0.1, -0.05) is 43.2 Å². The minimum Gasteiger partial charge on any atom is -0.344 e. The summed E-state index contributed by atoms with van der Waals surface area (Å²) in [6, 6.07) is 10.2. The lowest BCUT2D eigenvalue weighted by Crippen LogP contribution is -2.52. The van der Waals surface area contributed by atoms with E-state index in [1.807, 2.05) is 11.0 Å². The Hall–Kier alpha value is -1.88. The van der Waals surface area contributed by atoms with Gasteiger partial charge in [-0.15, -0.1) is 0 Å². The highest BCUT2D eigenvalue weighted by Gasteiger charge is 2.34. The van der Waals surface area contributed by atoms with Crippen LogP contribution in [-0.4, -0.2) is 53.8 Å². The largest absolute Gasteiger partial charge is 0.344 e. The highest BCUT2D eigenvalue weighted by Crippen LogP contribution is 2.29. The molecule has 5 nitrogen and oxygen atoms in total. The fourth-order valence-electron chi connectivity index (χ4n) is 4.28. The Morgan fingerprint density at radius 1 is 1.04 bits per heavy atom. The van der Waals surface area contributed by atoms with Gasteiger partial charge >= 0.3 is 0 Å². The van der Waals surface area contributed by atoms with Gasteiger partial charge in [0, 0.05) is 39.6 Å². The Labute approximate surface area is 156 Å². The van der Waals surface area contributed by atoms with Crippen molar-refractivity contribution in [2.75, 3.05) is 26.2 Å². The van der Waals surface area contributed by atoms with Crippen molar-refractivity contribution in [1.29, 1.82) is 0 Å². The monoisotopic (exact) mass is 357 g/mol. The van der Waals surface area contributed by atoms with E-state index in [1.54, 1.807) is 0 Å². The molecule has 3 rings (SSSR count). The van der Waals surface area contributed by atoms with Crippen LogP contribution in [0.1, 0.15) is 44.6 Å². The van der Waals surface area contributed by atoms with Gasteiger partial charge in [0.15, 0.2) is 0 Å². The van der Waals surface area contributed by atoms with Gasteiger partial charge in [-0.25, -0.2) is 0 Å². The number of hydrogen-bond acceptors (Lipinski definition) is 3. The number of rotatable bonds is 5. The van der Waals surface area contributed by atoms with Crippen LogP contribution in [0.3, 0.4) is 0 Å². The van der Waals surface area contributed by atoms with Gasteiger partial charge < -0.3 is 10.2 Å². The second kappa shape index (κ2) is 9.17. The summed E-state index contributed by atoms with van der Waals surface area (Å²) in [6.07, 6.45) is 5.41. The first-order chi connectivity index (χ1) is 12.6. The van der Waals surface area contributed by atoms with Gasteiger partial charge in [-0.2, -0.15) is 0 Å². The molecular formula is C21H31N3O2. The number of hydrogen-bond donors (Lipinski definition) is 1. The first-order valence-corrected chi connectivity index (χ1v) is 9.95. The SMILES string of the molecule is CC(=O)NC(C(=O)N1CCCN(Cc2ccccc2)CC1)C1CCCC1. The Balaban J connectivity index is 1.59. The van der Waals surface area contributed by atoms with E-state index in [4.69, 9.17) is 0 Å². The van der Waals surface area contributed by atoms with Crippen LogP contribution in [0.5, 0.6) is 0 Å². The van der Waals surface area contributed by atoms with Gasteiger partial charge in [-0.3, -0.25) is 14.5 Å². The molecule has 26 heavy (non-hydrogen) atoms. The second-order valence-corrected chi connectivity index (χ2v) is 7.66. The third-order valence-corrected chi connectivity index (χ3v) is 5.65. The summed E-state index contributed by atoms with van der Waals surface area (Å²) in [5.41, 5.74) is 1.31. The summed E-state index contributed by atoms with van der Waals surface area (Å²) in [5, 5.41) is 2.95. The quantitative estimate of drug-likeness (QED) is 0.880. The average molecular weight is 357 g/mol. The maximum absolute atomic E-state index is 13.1. The van der Waals surface area contributed by atoms with Crippen LogP contribution in [0.4, 0.5) is 0 Å². The van der Waals surface area contributed by atoms with Crippen LogP contribution in [-0.2, 0) is 16.1 Å². The lowest BCUT2D eigenvalue weighted by atomic mass is 9.96. The first-order valence-electron chi connectivity index (χ1n) is 9.95. The molecule has 1 aliphatic heterocycles. The number of carbonyl (C=O) groups is 2. The second-order valence-electron chi connectivity index (χ2n) is 7.66. The van der Waals surface area contributed by atoms with E-state index in [0.717, 1.165) is 52.0 Å². The molecule has 1 aromatic rings. The van der Waals surface area contributed by atoms with Gasteiger partial charge in [-0.05, 0) is 30.7 Å². The normalized spacial score (nSPS) is 20.6. The predicted octanol–water partition coefficient (Wildman–Crippen LogP) is 2.42. The zero-order valence-electron chi connectivity index (χ0n) is 15.8. The van der Waals surface area contributed by atoms with Crippen LogP contribution in [0.2, 0.25) is 0 Å². The molecule has 1 atom stereocenters. The molecule has 0 aromatic heterocycles. The topological polar surface area (TPSA) is 52.7 Å². The van der Waals surface area contributed by atoms with Gasteiger partial charge in [0.05, 0.1) is 0 Å². The maximum atomic E-state index is 13.1. The molecule has 5 heteroatoms. The summed E-state index contributed by atoms with van der Waals surface area (Å²) in [4.78, 5) is 29.2. The lowest BCUT2D eigenvalue weighted by Gasteiger charge is -2.30. The molecule has 2 fully saturated rings. The van der Waals surface area contributed by atoms with Crippen molar-refractivity contribution < 1.29 is 9.59 Å². The minimum atomic E-state index is -0.337. The van der Waals surface area contributed by atoms with E-state index in [0.29, 0.717) is 5.92 Å². The zero-order chi connectivity index (χ0) is 18.4.